The molecule has 0 atom stereocenters. The summed E-state index contributed by atoms with van der Waals surface area (Å²) in [6.45, 7) is 1.11. The van der Waals surface area contributed by atoms with Crippen molar-refractivity contribution in [2.75, 3.05) is 19.3 Å². The molecule has 0 saturated carbocycles. The number of nitrogens with two attached hydrogens (primary N) is 1. The summed E-state index contributed by atoms with van der Waals surface area (Å²) in [5, 5.41) is 10.1. The van der Waals surface area contributed by atoms with Crippen molar-refractivity contribution in [2.24, 2.45) is 5.73 Å². The molecule has 1 aromatic rings. The van der Waals surface area contributed by atoms with Crippen molar-refractivity contribution in [1.82, 2.24) is 5.06 Å². The molecule has 1 aromatic heterocycles. The highest BCUT2D eigenvalue weighted by Gasteiger charge is 2.03. The third-order valence-electron chi connectivity index (χ3n) is 1.61. The number of nitrogens with zero attached hydrogens (tertiary/aromatic N) is 1. The molecule has 4 nitrogen and oxygen atoms in total. The summed E-state index contributed by atoms with van der Waals surface area (Å²) in [6, 6.07) is 3.81. The molecular formula is C9H18Cl2N2O2S. The van der Waals surface area contributed by atoms with Gasteiger partial charge in [0.15, 0.2) is 0 Å². The van der Waals surface area contributed by atoms with Crippen molar-refractivity contribution in [2.45, 2.75) is 12.3 Å². The Morgan fingerprint density at radius 1 is 1.38 bits per heavy atom. The SMILES string of the molecule is CN(O)Cc1ccc(CSCCN)o1.Cl.Cl. The number of hydroxylamine groups is 2. The highest BCUT2D eigenvalue weighted by Crippen LogP contribution is 2.15. The smallest absolute Gasteiger partial charge is 0.120 e. The maximum atomic E-state index is 8.98. The van der Waals surface area contributed by atoms with E-state index in [-0.39, 0.29) is 24.8 Å². The summed E-state index contributed by atoms with van der Waals surface area (Å²) in [6.07, 6.45) is 0. The van der Waals surface area contributed by atoms with E-state index in [1.807, 2.05) is 12.1 Å². The minimum Gasteiger partial charge on any atom is -0.464 e. The molecule has 0 bridgehead atoms. The van der Waals surface area contributed by atoms with Crippen LogP contribution in [0.3, 0.4) is 0 Å². The maximum Gasteiger partial charge on any atom is 0.120 e. The van der Waals surface area contributed by atoms with Gasteiger partial charge < -0.3 is 15.4 Å². The van der Waals surface area contributed by atoms with Crippen LogP contribution in [-0.4, -0.2) is 29.6 Å². The molecule has 1 rings (SSSR count). The lowest BCUT2D eigenvalue weighted by Gasteiger charge is -2.03. The summed E-state index contributed by atoms with van der Waals surface area (Å²) < 4.78 is 5.48. The van der Waals surface area contributed by atoms with Crippen LogP contribution in [0.1, 0.15) is 11.5 Å². The van der Waals surface area contributed by atoms with E-state index < -0.39 is 0 Å². The average molecular weight is 289 g/mol. The fraction of sp³-hybridized carbons (Fsp3) is 0.556. The van der Waals surface area contributed by atoms with Crippen molar-refractivity contribution in [3.05, 3.63) is 23.7 Å². The van der Waals surface area contributed by atoms with Gasteiger partial charge in [-0.3, -0.25) is 0 Å². The number of furan rings is 1. The van der Waals surface area contributed by atoms with Gasteiger partial charge >= 0.3 is 0 Å². The minimum absolute atomic E-state index is 0. The van der Waals surface area contributed by atoms with Gasteiger partial charge in [0.05, 0.1) is 12.3 Å². The molecule has 0 saturated heterocycles. The molecule has 0 aromatic carbocycles. The zero-order valence-electron chi connectivity index (χ0n) is 9.09. The predicted octanol–water partition coefficient (Wildman–Crippen LogP) is 2.14. The van der Waals surface area contributed by atoms with Gasteiger partial charge in [-0.2, -0.15) is 16.8 Å². The van der Waals surface area contributed by atoms with Gasteiger partial charge in [0.25, 0.3) is 0 Å². The fourth-order valence-corrected chi connectivity index (χ4v) is 1.73. The third kappa shape index (κ3) is 7.38. The lowest BCUT2D eigenvalue weighted by atomic mass is 10.4. The first-order valence-corrected chi connectivity index (χ1v) is 5.63. The van der Waals surface area contributed by atoms with Crippen LogP contribution in [0.2, 0.25) is 0 Å². The van der Waals surface area contributed by atoms with Gasteiger partial charge in [-0.05, 0) is 12.1 Å². The quantitative estimate of drug-likeness (QED) is 0.620. The van der Waals surface area contributed by atoms with Crippen LogP contribution in [0.25, 0.3) is 0 Å². The van der Waals surface area contributed by atoms with E-state index >= 15 is 0 Å². The van der Waals surface area contributed by atoms with E-state index in [0.717, 1.165) is 28.1 Å². The Labute approximate surface area is 112 Å². The average Bonchev–Trinajstić information content (AvgIpc) is 2.52. The summed E-state index contributed by atoms with van der Waals surface area (Å²) >= 11 is 1.74. The molecule has 0 fully saturated rings. The van der Waals surface area contributed by atoms with E-state index in [1.54, 1.807) is 18.8 Å². The molecular weight excluding hydrogens is 271 g/mol. The van der Waals surface area contributed by atoms with Crippen molar-refractivity contribution in [3.63, 3.8) is 0 Å². The Morgan fingerprint density at radius 3 is 2.56 bits per heavy atom. The first-order valence-electron chi connectivity index (χ1n) is 4.48. The second-order valence-electron chi connectivity index (χ2n) is 3.03. The zero-order valence-corrected chi connectivity index (χ0v) is 11.5. The van der Waals surface area contributed by atoms with Gasteiger partial charge in [-0.15, -0.1) is 24.8 Å². The minimum atomic E-state index is 0. The van der Waals surface area contributed by atoms with E-state index in [0.29, 0.717) is 13.1 Å². The Hall–Kier alpha value is 0.0900. The molecule has 0 aliphatic heterocycles. The van der Waals surface area contributed by atoms with Crippen LogP contribution >= 0.6 is 36.6 Å². The Balaban J connectivity index is 0. The highest BCUT2D eigenvalue weighted by molar-refractivity contribution is 7.98. The van der Waals surface area contributed by atoms with E-state index in [4.69, 9.17) is 15.4 Å². The third-order valence-corrected chi connectivity index (χ3v) is 2.62. The molecule has 0 unspecified atom stereocenters. The van der Waals surface area contributed by atoms with Crippen molar-refractivity contribution in [3.8, 4) is 0 Å². The molecule has 0 aliphatic carbocycles. The number of rotatable bonds is 6. The normalized spacial score (nSPS) is 9.75. The first kappa shape index (κ1) is 18.5. The summed E-state index contributed by atoms with van der Waals surface area (Å²) in [5.41, 5.74) is 5.37. The van der Waals surface area contributed by atoms with Crippen molar-refractivity contribution >= 4 is 36.6 Å². The van der Waals surface area contributed by atoms with E-state index in [2.05, 4.69) is 0 Å². The zero-order chi connectivity index (χ0) is 10.4. The molecule has 16 heavy (non-hydrogen) atoms. The Bertz CT molecular complexity index is 272. The molecule has 0 radical (unpaired) electrons. The molecule has 0 spiro atoms. The number of hydrogen-bond acceptors (Lipinski definition) is 5. The second-order valence-corrected chi connectivity index (χ2v) is 4.13. The van der Waals surface area contributed by atoms with Crippen molar-refractivity contribution < 1.29 is 9.62 Å². The predicted molar refractivity (Wildman–Crippen MR) is 71.7 cm³/mol. The Morgan fingerprint density at radius 2 is 2.00 bits per heavy atom. The van der Waals surface area contributed by atoms with E-state index in [1.165, 1.54) is 0 Å². The number of hydrogen-bond donors (Lipinski definition) is 2. The molecule has 7 heteroatoms. The lowest BCUT2D eigenvalue weighted by Crippen LogP contribution is -2.10. The molecule has 3 N–H and O–H groups in total. The lowest BCUT2D eigenvalue weighted by molar-refractivity contribution is -0.0775. The molecule has 0 amide bonds. The molecule has 96 valence electrons. The van der Waals surface area contributed by atoms with Crippen LogP contribution in [-0.2, 0) is 12.3 Å². The van der Waals surface area contributed by atoms with Gasteiger partial charge in [-0.1, -0.05) is 0 Å². The maximum absolute atomic E-state index is 8.98. The standard InChI is InChI=1S/C9H16N2O2S.2ClH/c1-11(12)6-8-2-3-9(13-8)7-14-5-4-10;;/h2-3,12H,4-7,10H2,1H3;2*1H. The van der Waals surface area contributed by atoms with Crippen molar-refractivity contribution in [1.29, 1.82) is 0 Å². The van der Waals surface area contributed by atoms with E-state index in [9.17, 15) is 0 Å². The van der Waals surface area contributed by atoms with Crippen LogP contribution in [0, 0.1) is 0 Å². The summed E-state index contributed by atoms with van der Waals surface area (Å²) in [7, 11) is 1.59. The number of thioether (sulfide) groups is 1. The monoisotopic (exact) mass is 288 g/mol. The van der Waals surface area contributed by atoms with Gasteiger partial charge in [0.2, 0.25) is 0 Å². The largest absolute Gasteiger partial charge is 0.464 e. The highest BCUT2D eigenvalue weighted by atomic mass is 35.5. The fourth-order valence-electron chi connectivity index (χ4n) is 1.07. The molecule has 0 aliphatic rings. The Kier molecular flexibility index (Phi) is 11.8. The van der Waals surface area contributed by atoms with Gasteiger partial charge in [0.1, 0.15) is 11.5 Å². The van der Waals surface area contributed by atoms with Crippen LogP contribution in [0.4, 0.5) is 0 Å². The van der Waals surface area contributed by atoms with Gasteiger partial charge in [0, 0.05) is 19.3 Å². The van der Waals surface area contributed by atoms with Crippen LogP contribution < -0.4 is 5.73 Å². The number of halogens is 2. The first-order chi connectivity index (χ1) is 6.72. The van der Waals surface area contributed by atoms with Crippen LogP contribution in [0.15, 0.2) is 16.5 Å². The second kappa shape index (κ2) is 10.3. The van der Waals surface area contributed by atoms with Crippen LogP contribution in [0.5, 0.6) is 0 Å². The summed E-state index contributed by atoms with van der Waals surface area (Å²) in [4.78, 5) is 0. The van der Waals surface area contributed by atoms with Gasteiger partial charge in [-0.25, -0.2) is 0 Å². The molecule has 1 heterocycles. The topological polar surface area (TPSA) is 62.6 Å². The summed E-state index contributed by atoms with van der Waals surface area (Å²) in [5.74, 6) is 3.49.